The second-order valence-electron chi connectivity index (χ2n) is 8.48. The third-order valence-corrected chi connectivity index (χ3v) is 6.53. The molecule has 0 saturated heterocycles. The molecule has 0 aliphatic heterocycles. The monoisotopic (exact) mass is 449 g/mol. The molecule has 4 aromatic carbocycles. The second kappa shape index (κ2) is 11.0. The molecule has 0 amide bonds. The SMILES string of the molecule is CCc1ccc(N(/N=C\c2ccc(N(CC)CC)cc2)c2ccc(CC)c3ccccc23)cc1. The van der Waals surface area contributed by atoms with Crippen LogP contribution < -0.4 is 9.91 Å². The number of hydrogen-bond donors (Lipinski definition) is 0. The van der Waals surface area contributed by atoms with E-state index < -0.39 is 0 Å². The lowest BCUT2D eigenvalue weighted by Crippen LogP contribution is -2.21. The van der Waals surface area contributed by atoms with Gasteiger partial charge in [0.05, 0.1) is 17.6 Å². The second-order valence-corrected chi connectivity index (χ2v) is 8.48. The van der Waals surface area contributed by atoms with Crippen LogP contribution in [0.3, 0.4) is 0 Å². The van der Waals surface area contributed by atoms with Gasteiger partial charge in [0, 0.05) is 24.2 Å². The van der Waals surface area contributed by atoms with Crippen molar-refractivity contribution in [2.45, 2.75) is 40.5 Å². The molecule has 0 radical (unpaired) electrons. The summed E-state index contributed by atoms with van der Waals surface area (Å²) in [5.74, 6) is 0. The minimum atomic E-state index is 1.01. The predicted octanol–water partition coefficient (Wildman–Crippen LogP) is 7.98. The average molecular weight is 450 g/mol. The summed E-state index contributed by atoms with van der Waals surface area (Å²) in [6.07, 6.45) is 3.99. The van der Waals surface area contributed by atoms with E-state index >= 15 is 0 Å². The van der Waals surface area contributed by atoms with Crippen LogP contribution in [0.5, 0.6) is 0 Å². The Morgan fingerprint density at radius 2 is 1.29 bits per heavy atom. The van der Waals surface area contributed by atoms with Crippen molar-refractivity contribution in [3.05, 3.63) is 102 Å². The van der Waals surface area contributed by atoms with E-state index in [-0.39, 0.29) is 0 Å². The van der Waals surface area contributed by atoms with Crippen LogP contribution in [0.4, 0.5) is 17.1 Å². The Kier molecular flexibility index (Phi) is 7.64. The number of benzene rings is 4. The third kappa shape index (κ3) is 4.99. The molecule has 3 heteroatoms. The van der Waals surface area contributed by atoms with Crippen molar-refractivity contribution >= 4 is 34.0 Å². The lowest BCUT2D eigenvalue weighted by molar-refractivity contribution is 0.866. The van der Waals surface area contributed by atoms with E-state index in [1.54, 1.807) is 0 Å². The Labute approximate surface area is 204 Å². The summed E-state index contributed by atoms with van der Waals surface area (Å²) >= 11 is 0. The molecule has 4 rings (SSSR count). The summed E-state index contributed by atoms with van der Waals surface area (Å²) < 4.78 is 0. The van der Waals surface area contributed by atoms with Gasteiger partial charge < -0.3 is 4.90 Å². The van der Waals surface area contributed by atoms with Crippen molar-refractivity contribution in [3.63, 3.8) is 0 Å². The normalized spacial score (nSPS) is 11.3. The highest BCUT2D eigenvalue weighted by Crippen LogP contribution is 2.35. The molecule has 0 aliphatic rings. The van der Waals surface area contributed by atoms with Gasteiger partial charge in [-0.25, -0.2) is 5.01 Å². The molecule has 0 unspecified atom stereocenters. The van der Waals surface area contributed by atoms with Gasteiger partial charge in [0.2, 0.25) is 0 Å². The van der Waals surface area contributed by atoms with Crippen molar-refractivity contribution in [2.75, 3.05) is 23.0 Å². The molecule has 0 spiro atoms. The number of fused-ring (bicyclic) bond motifs is 1. The van der Waals surface area contributed by atoms with Crippen LogP contribution in [0.25, 0.3) is 10.8 Å². The van der Waals surface area contributed by atoms with E-state index in [0.717, 1.165) is 42.9 Å². The van der Waals surface area contributed by atoms with Crippen LogP contribution >= 0.6 is 0 Å². The van der Waals surface area contributed by atoms with E-state index in [4.69, 9.17) is 5.10 Å². The van der Waals surface area contributed by atoms with E-state index in [0.29, 0.717) is 0 Å². The van der Waals surface area contributed by atoms with Gasteiger partial charge in [-0.05, 0) is 79.1 Å². The van der Waals surface area contributed by atoms with Crippen molar-refractivity contribution in [1.82, 2.24) is 0 Å². The number of aryl methyl sites for hydroxylation is 2. The van der Waals surface area contributed by atoms with E-state index in [1.807, 2.05) is 6.21 Å². The quantitative estimate of drug-likeness (QED) is 0.190. The minimum absolute atomic E-state index is 1.01. The lowest BCUT2D eigenvalue weighted by atomic mass is 10.0. The summed E-state index contributed by atoms with van der Waals surface area (Å²) in [6, 6.07) is 30.5. The van der Waals surface area contributed by atoms with Crippen molar-refractivity contribution in [2.24, 2.45) is 5.10 Å². The van der Waals surface area contributed by atoms with Crippen LogP contribution in [0, 0.1) is 0 Å². The molecule has 0 fully saturated rings. The first-order valence-corrected chi connectivity index (χ1v) is 12.5. The number of hydrogen-bond acceptors (Lipinski definition) is 3. The summed E-state index contributed by atoms with van der Waals surface area (Å²) in [4.78, 5) is 2.35. The predicted molar refractivity (Wildman–Crippen MR) is 149 cm³/mol. The molecule has 3 nitrogen and oxygen atoms in total. The highest BCUT2D eigenvalue weighted by atomic mass is 15.5. The number of rotatable bonds is 9. The number of anilines is 3. The molecule has 0 bridgehead atoms. The third-order valence-electron chi connectivity index (χ3n) is 6.53. The first kappa shape index (κ1) is 23.6. The fourth-order valence-corrected chi connectivity index (χ4v) is 4.46. The van der Waals surface area contributed by atoms with Crippen LogP contribution in [-0.4, -0.2) is 19.3 Å². The maximum atomic E-state index is 5.01. The van der Waals surface area contributed by atoms with E-state index in [1.165, 1.54) is 27.6 Å². The fraction of sp³-hybridized carbons (Fsp3) is 0.258. The van der Waals surface area contributed by atoms with Gasteiger partial charge in [-0.2, -0.15) is 5.10 Å². The highest BCUT2D eigenvalue weighted by molar-refractivity contribution is 5.98. The number of hydrazone groups is 1. The first-order valence-electron chi connectivity index (χ1n) is 12.5. The van der Waals surface area contributed by atoms with Crippen molar-refractivity contribution < 1.29 is 0 Å². The molecule has 0 N–H and O–H groups in total. The summed E-state index contributed by atoms with van der Waals surface area (Å²) in [6.45, 7) is 10.8. The Balaban J connectivity index is 1.76. The zero-order valence-electron chi connectivity index (χ0n) is 20.8. The summed E-state index contributed by atoms with van der Waals surface area (Å²) in [7, 11) is 0. The standard InChI is InChI=1S/C31H35N3/c1-5-24-13-20-28(21-14-24)34(31-22-17-26(6-2)29-11-9-10-12-30(29)31)32-23-25-15-18-27(19-16-25)33(7-3)8-4/h9-23H,5-8H2,1-4H3/b32-23-. The van der Waals surface area contributed by atoms with Gasteiger partial charge >= 0.3 is 0 Å². The Morgan fingerprint density at radius 3 is 1.91 bits per heavy atom. The van der Waals surface area contributed by atoms with Gasteiger partial charge in [-0.3, -0.25) is 0 Å². The van der Waals surface area contributed by atoms with Gasteiger partial charge in [0.15, 0.2) is 0 Å². The molecular weight excluding hydrogens is 414 g/mol. The molecule has 4 aromatic rings. The zero-order chi connectivity index (χ0) is 23.9. The Hall–Kier alpha value is -3.59. The molecule has 0 aromatic heterocycles. The lowest BCUT2D eigenvalue weighted by Gasteiger charge is -2.23. The molecule has 174 valence electrons. The molecule has 0 heterocycles. The molecule has 0 atom stereocenters. The topological polar surface area (TPSA) is 18.8 Å². The maximum Gasteiger partial charge on any atom is 0.0731 e. The largest absolute Gasteiger partial charge is 0.372 e. The summed E-state index contributed by atoms with van der Waals surface area (Å²) in [5, 5.41) is 9.58. The van der Waals surface area contributed by atoms with Crippen molar-refractivity contribution in [1.29, 1.82) is 0 Å². The maximum absolute atomic E-state index is 5.01. The van der Waals surface area contributed by atoms with Crippen LogP contribution in [0.15, 0.2) is 90.0 Å². The molecule has 34 heavy (non-hydrogen) atoms. The smallest absolute Gasteiger partial charge is 0.0731 e. The van der Waals surface area contributed by atoms with Crippen LogP contribution in [0.2, 0.25) is 0 Å². The average Bonchev–Trinajstić information content (AvgIpc) is 2.90. The fourth-order valence-electron chi connectivity index (χ4n) is 4.46. The highest BCUT2D eigenvalue weighted by Gasteiger charge is 2.13. The Bertz CT molecular complexity index is 1240. The van der Waals surface area contributed by atoms with E-state index in [9.17, 15) is 0 Å². The van der Waals surface area contributed by atoms with Gasteiger partial charge in [0.25, 0.3) is 0 Å². The first-order chi connectivity index (χ1) is 16.7. The van der Waals surface area contributed by atoms with Gasteiger partial charge in [-0.15, -0.1) is 0 Å². The molecule has 0 saturated carbocycles. The van der Waals surface area contributed by atoms with Crippen molar-refractivity contribution in [3.8, 4) is 0 Å². The Morgan fingerprint density at radius 1 is 0.647 bits per heavy atom. The van der Waals surface area contributed by atoms with Gasteiger partial charge in [0.1, 0.15) is 0 Å². The minimum Gasteiger partial charge on any atom is -0.372 e. The zero-order valence-corrected chi connectivity index (χ0v) is 20.8. The van der Waals surface area contributed by atoms with Crippen LogP contribution in [-0.2, 0) is 12.8 Å². The molecular formula is C31H35N3. The van der Waals surface area contributed by atoms with Gasteiger partial charge in [-0.1, -0.05) is 68.4 Å². The van der Waals surface area contributed by atoms with E-state index in [2.05, 4.69) is 123 Å². The molecule has 0 aliphatic carbocycles. The summed E-state index contributed by atoms with van der Waals surface area (Å²) in [5.41, 5.74) is 7.16. The number of nitrogens with zero attached hydrogens (tertiary/aromatic N) is 3. The van der Waals surface area contributed by atoms with Crippen LogP contribution in [0.1, 0.15) is 44.4 Å².